The third kappa shape index (κ3) is 3.91. The summed E-state index contributed by atoms with van der Waals surface area (Å²) in [6.45, 7) is 2.98. The Morgan fingerprint density at radius 2 is 2.04 bits per heavy atom. The van der Waals surface area contributed by atoms with Crippen LogP contribution in [0.4, 0.5) is 16.2 Å². The largest absolute Gasteiger partial charge is 0.464 e. The van der Waals surface area contributed by atoms with Crippen LogP contribution in [0.25, 0.3) is 0 Å². The highest BCUT2D eigenvalue weighted by molar-refractivity contribution is 5.90. The van der Waals surface area contributed by atoms with E-state index in [2.05, 4.69) is 5.32 Å². The van der Waals surface area contributed by atoms with Crippen molar-refractivity contribution in [3.05, 3.63) is 60.2 Å². The predicted molar refractivity (Wildman–Crippen MR) is 94.6 cm³/mol. The second-order valence-electron chi connectivity index (χ2n) is 5.56. The second-order valence-corrected chi connectivity index (χ2v) is 5.56. The molecule has 0 spiro atoms. The fourth-order valence-corrected chi connectivity index (χ4v) is 2.71. The Kier molecular flexibility index (Phi) is 5.18. The summed E-state index contributed by atoms with van der Waals surface area (Å²) in [6.07, 6.45) is -0.359. The van der Waals surface area contributed by atoms with Crippen LogP contribution < -0.4 is 10.2 Å². The van der Waals surface area contributed by atoms with Crippen LogP contribution in [0.5, 0.6) is 0 Å². The fourth-order valence-electron chi connectivity index (χ4n) is 2.71. The first-order chi connectivity index (χ1) is 12.2. The van der Waals surface area contributed by atoms with Gasteiger partial charge in [0.2, 0.25) is 0 Å². The van der Waals surface area contributed by atoms with Crippen LogP contribution in [-0.4, -0.2) is 31.8 Å². The third-order valence-electron chi connectivity index (χ3n) is 3.88. The van der Waals surface area contributed by atoms with Crippen LogP contribution in [0.1, 0.15) is 18.5 Å². The second kappa shape index (κ2) is 7.70. The lowest BCUT2D eigenvalue weighted by Gasteiger charge is -2.20. The molecule has 6 nitrogen and oxygen atoms in total. The smallest absolute Gasteiger partial charge is 0.414 e. The Balaban J connectivity index is 1.84. The van der Waals surface area contributed by atoms with E-state index in [9.17, 15) is 9.59 Å². The van der Waals surface area contributed by atoms with Crippen molar-refractivity contribution in [2.45, 2.75) is 13.0 Å². The van der Waals surface area contributed by atoms with Gasteiger partial charge in [0.1, 0.15) is 6.61 Å². The lowest BCUT2D eigenvalue weighted by Crippen LogP contribution is -2.25. The van der Waals surface area contributed by atoms with Gasteiger partial charge in [-0.3, -0.25) is 4.90 Å². The number of esters is 1. The van der Waals surface area contributed by atoms with Crippen molar-refractivity contribution >= 4 is 23.4 Å². The Hall–Kier alpha value is -3.02. The monoisotopic (exact) mass is 340 g/mol. The maximum absolute atomic E-state index is 12.4. The van der Waals surface area contributed by atoms with Gasteiger partial charge in [-0.15, -0.1) is 0 Å². The van der Waals surface area contributed by atoms with E-state index in [0.29, 0.717) is 19.8 Å². The summed E-state index contributed by atoms with van der Waals surface area (Å²) in [7, 11) is 0. The van der Waals surface area contributed by atoms with Crippen molar-refractivity contribution in [3.63, 3.8) is 0 Å². The molecule has 2 aromatic rings. The molecule has 0 aromatic heterocycles. The number of anilines is 2. The average Bonchev–Trinajstić information content (AvgIpc) is 3.07. The minimum atomic E-state index is -0.623. The maximum atomic E-state index is 12.4. The first-order valence-electron chi connectivity index (χ1n) is 8.21. The van der Waals surface area contributed by atoms with Gasteiger partial charge in [-0.2, -0.15) is 0 Å². The summed E-state index contributed by atoms with van der Waals surface area (Å²) < 4.78 is 10.2. The molecular weight excluding hydrogens is 320 g/mol. The van der Waals surface area contributed by atoms with Gasteiger partial charge in [-0.05, 0) is 30.7 Å². The number of carbonyl (C=O) groups is 2. The molecular formula is C19H20N2O4. The number of amides is 1. The van der Waals surface area contributed by atoms with E-state index in [4.69, 9.17) is 9.47 Å². The first kappa shape index (κ1) is 16.8. The molecule has 3 rings (SSSR count). The highest BCUT2D eigenvalue weighted by Gasteiger charge is 2.25. The van der Waals surface area contributed by atoms with Crippen LogP contribution >= 0.6 is 0 Å². The van der Waals surface area contributed by atoms with Gasteiger partial charge in [-0.25, -0.2) is 9.59 Å². The SMILES string of the molecule is CCOC(=O)[C@@H](Nc1cccc(N2CCOC2=O)c1)c1ccccc1. The number of ether oxygens (including phenoxy) is 2. The molecule has 0 radical (unpaired) electrons. The van der Waals surface area contributed by atoms with E-state index in [1.807, 2.05) is 54.6 Å². The molecule has 6 heteroatoms. The predicted octanol–water partition coefficient (Wildman–Crippen LogP) is 3.36. The van der Waals surface area contributed by atoms with Crippen LogP contribution in [0, 0.1) is 0 Å². The van der Waals surface area contributed by atoms with Gasteiger partial charge >= 0.3 is 12.1 Å². The van der Waals surface area contributed by atoms with Gasteiger partial charge in [0, 0.05) is 11.4 Å². The van der Waals surface area contributed by atoms with Gasteiger partial charge in [0.05, 0.1) is 13.2 Å². The zero-order chi connectivity index (χ0) is 17.6. The van der Waals surface area contributed by atoms with Crippen LogP contribution in [-0.2, 0) is 14.3 Å². The minimum absolute atomic E-state index is 0.309. The minimum Gasteiger partial charge on any atom is -0.464 e. The summed E-state index contributed by atoms with van der Waals surface area (Å²) in [4.78, 5) is 25.7. The zero-order valence-electron chi connectivity index (χ0n) is 14.0. The topological polar surface area (TPSA) is 67.9 Å². The van der Waals surface area contributed by atoms with Crippen molar-refractivity contribution in [2.75, 3.05) is 30.0 Å². The van der Waals surface area contributed by atoms with E-state index in [1.54, 1.807) is 11.8 Å². The molecule has 1 fully saturated rings. The first-order valence-corrected chi connectivity index (χ1v) is 8.21. The van der Waals surface area contributed by atoms with Gasteiger partial charge in [-0.1, -0.05) is 36.4 Å². The zero-order valence-corrected chi connectivity index (χ0v) is 14.0. The summed E-state index contributed by atoms with van der Waals surface area (Å²) in [5.74, 6) is -0.348. The molecule has 1 N–H and O–H groups in total. The third-order valence-corrected chi connectivity index (χ3v) is 3.88. The molecule has 25 heavy (non-hydrogen) atoms. The van der Waals surface area contributed by atoms with Crippen molar-refractivity contribution < 1.29 is 19.1 Å². The number of nitrogens with one attached hydrogen (secondary N) is 1. The lowest BCUT2D eigenvalue weighted by atomic mass is 10.1. The van der Waals surface area contributed by atoms with Crippen molar-refractivity contribution in [3.8, 4) is 0 Å². The molecule has 1 amide bonds. The molecule has 2 aromatic carbocycles. The normalized spacial score (nSPS) is 14.8. The molecule has 0 saturated carbocycles. The number of cyclic esters (lactones) is 1. The van der Waals surface area contributed by atoms with Crippen molar-refractivity contribution in [1.29, 1.82) is 0 Å². The Labute approximate surface area is 146 Å². The number of hydrogen-bond acceptors (Lipinski definition) is 5. The molecule has 1 aliphatic rings. The highest BCUT2D eigenvalue weighted by atomic mass is 16.6. The van der Waals surface area contributed by atoms with Gasteiger partial charge < -0.3 is 14.8 Å². The van der Waals surface area contributed by atoms with Crippen molar-refractivity contribution in [1.82, 2.24) is 0 Å². The quantitative estimate of drug-likeness (QED) is 0.817. The van der Waals surface area contributed by atoms with E-state index in [-0.39, 0.29) is 12.1 Å². The molecule has 1 atom stereocenters. The summed E-state index contributed by atoms with van der Waals surface area (Å²) in [5, 5.41) is 3.21. The Bertz CT molecular complexity index is 748. The maximum Gasteiger partial charge on any atom is 0.414 e. The van der Waals surface area contributed by atoms with E-state index in [1.165, 1.54) is 0 Å². The number of carbonyl (C=O) groups excluding carboxylic acids is 2. The highest BCUT2D eigenvalue weighted by Crippen LogP contribution is 2.26. The average molecular weight is 340 g/mol. The Morgan fingerprint density at radius 1 is 1.24 bits per heavy atom. The molecule has 0 aliphatic carbocycles. The van der Waals surface area contributed by atoms with Gasteiger partial charge in [0.15, 0.2) is 6.04 Å². The molecule has 0 bridgehead atoms. The van der Waals surface area contributed by atoms with Gasteiger partial charge in [0.25, 0.3) is 0 Å². The standard InChI is InChI=1S/C19H20N2O4/c1-2-24-18(22)17(14-7-4-3-5-8-14)20-15-9-6-10-16(13-15)21-11-12-25-19(21)23/h3-10,13,17,20H,2,11-12H2,1H3/t17-/m0/s1. The summed E-state index contributed by atoms with van der Waals surface area (Å²) in [6, 6.07) is 16.1. The summed E-state index contributed by atoms with van der Waals surface area (Å²) >= 11 is 0. The van der Waals surface area contributed by atoms with Crippen LogP contribution in [0.2, 0.25) is 0 Å². The molecule has 130 valence electrons. The van der Waals surface area contributed by atoms with Crippen LogP contribution in [0.3, 0.4) is 0 Å². The molecule has 1 saturated heterocycles. The molecule has 1 aliphatic heterocycles. The van der Waals surface area contributed by atoms with E-state index < -0.39 is 6.04 Å². The lowest BCUT2D eigenvalue weighted by molar-refractivity contribution is -0.144. The number of nitrogens with zero attached hydrogens (tertiary/aromatic N) is 1. The van der Waals surface area contributed by atoms with E-state index >= 15 is 0 Å². The molecule has 0 unspecified atom stereocenters. The number of benzene rings is 2. The molecule has 1 heterocycles. The Morgan fingerprint density at radius 3 is 2.72 bits per heavy atom. The fraction of sp³-hybridized carbons (Fsp3) is 0.263. The van der Waals surface area contributed by atoms with E-state index in [0.717, 1.165) is 16.9 Å². The number of hydrogen-bond donors (Lipinski definition) is 1. The van der Waals surface area contributed by atoms with Crippen molar-refractivity contribution in [2.24, 2.45) is 0 Å². The summed E-state index contributed by atoms with van der Waals surface area (Å²) in [5.41, 5.74) is 2.26. The van der Waals surface area contributed by atoms with Crippen LogP contribution in [0.15, 0.2) is 54.6 Å². The number of rotatable bonds is 6.